The number of ether oxygens (including phenoxy) is 1. The van der Waals surface area contributed by atoms with Crippen LogP contribution in [0.3, 0.4) is 0 Å². The molecule has 0 fully saturated rings. The monoisotopic (exact) mass is 346 g/mol. The predicted molar refractivity (Wildman–Crippen MR) is 92.6 cm³/mol. The summed E-state index contributed by atoms with van der Waals surface area (Å²) in [6.07, 6.45) is 2.30. The molecule has 0 spiro atoms. The van der Waals surface area contributed by atoms with Crippen LogP contribution in [-0.2, 0) is 32.6 Å². The van der Waals surface area contributed by atoms with Crippen molar-refractivity contribution in [1.82, 2.24) is 15.2 Å². The number of amides is 2. The van der Waals surface area contributed by atoms with Crippen molar-refractivity contribution in [2.75, 3.05) is 20.2 Å². The maximum absolute atomic E-state index is 12.1. The van der Waals surface area contributed by atoms with Crippen molar-refractivity contribution < 1.29 is 19.1 Å². The van der Waals surface area contributed by atoms with Crippen LogP contribution in [0.1, 0.15) is 5.56 Å². The van der Waals surface area contributed by atoms with Gasteiger partial charge in [-0.1, -0.05) is 18.2 Å². The lowest BCUT2D eigenvalue weighted by Crippen LogP contribution is -2.46. The second-order valence-corrected chi connectivity index (χ2v) is 5.66. The molecule has 8 heteroatoms. The number of hydrogen-bond acceptors (Lipinski definition) is 5. The highest BCUT2D eigenvalue weighted by molar-refractivity contribution is 5.90. The van der Waals surface area contributed by atoms with Crippen LogP contribution in [0.5, 0.6) is 0 Å². The van der Waals surface area contributed by atoms with Gasteiger partial charge in [-0.25, -0.2) is 0 Å². The van der Waals surface area contributed by atoms with E-state index in [1.165, 1.54) is 7.11 Å². The number of carbonyl (C=O) groups excluding carboxylic acids is 3. The SMILES string of the molecule is COC(=O)CNC(=O)CNC(=O)[C@@H](N)Cc1cn(C)c2ccccc12. The number of para-hydroxylation sites is 1. The summed E-state index contributed by atoms with van der Waals surface area (Å²) in [5, 5.41) is 5.84. The van der Waals surface area contributed by atoms with Gasteiger partial charge in [-0.2, -0.15) is 0 Å². The number of hydrogen-bond donors (Lipinski definition) is 3. The number of carbonyl (C=O) groups is 3. The molecule has 8 nitrogen and oxygen atoms in total. The van der Waals surface area contributed by atoms with Gasteiger partial charge < -0.3 is 25.7 Å². The normalized spacial score (nSPS) is 11.8. The van der Waals surface area contributed by atoms with Crippen LogP contribution in [0, 0.1) is 0 Å². The molecule has 1 aromatic carbocycles. The Morgan fingerprint density at radius 2 is 1.92 bits per heavy atom. The fourth-order valence-electron chi connectivity index (χ4n) is 2.52. The van der Waals surface area contributed by atoms with Crippen molar-refractivity contribution in [2.45, 2.75) is 12.5 Å². The van der Waals surface area contributed by atoms with Crippen LogP contribution >= 0.6 is 0 Å². The molecule has 2 amide bonds. The maximum Gasteiger partial charge on any atom is 0.325 e. The quantitative estimate of drug-likeness (QED) is 0.582. The molecule has 134 valence electrons. The van der Waals surface area contributed by atoms with Crippen LogP contribution in [0.4, 0.5) is 0 Å². The Kier molecular flexibility index (Phi) is 6.13. The van der Waals surface area contributed by atoms with Gasteiger partial charge in [-0.05, 0) is 18.1 Å². The molecular formula is C17H22N4O4. The van der Waals surface area contributed by atoms with Gasteiger partial charge in [0.2, 0.25) is 11.8 Å². The number of aryl methyl sites for hydroxylation is 1. The van der Waals surface area contributed by atoms with E-state index < -0.39 is 23.8 Å². The lowest BCUT2D eigenvalue weighted by molar-refractivity contribution is -0.141. The molecule has 0 aliphatic rings. The molecule has 2 aromatic rings. The van der Waals surface area contributed by atoms with Gasteiger partial charge in [-0.15, -0.1) is 0 Å². The molecule has 1 heterocycles. The van der Waals surface area contributed by atoms with Crippen LogP contribution in [0.15, 0.2) is 30.5 Å². The van der Waals surface area contributed by atoms with E-state index in [0.29, 0.717) is 6.42 Å². The third-order valence-corrected chi connectivity index (χ3v) is 3.84. The molecule has 0 aliphatic heterocycles. The number of nitrogens with zero attached hydrogens (tertiary/aromatic N) is 1. The molecule has 0 radical (unpaired) electrons. The molecule has 1 atom stereocenters. The number of methoxy groups -OCH3 is 1. The van der Waals surface area contributed by atoms with Gasteiger partial charge in [0.1, 0.15) is 6.54 Å². The maximum atomic E-state index is 12.1. The minimum atomic E-state index is -0.779. The summed E-state index contributed by atoms with van der Waals surface area (Å²) in [5.74, 6) is -1.48. The topological polar surface area (TPSA) is 115 Å². The van der Waals surface area contributed by atoms with Crippen LogP contribution in [-0.4, -0.2) is 48.6 Å². The van der Waals surface area contributed by atoms with Crippen LogP contribution in [0.2, 0.25) is 0 Å². The van der Waals surface area contributed by atoms with E-state index in [9.17, 15) is 14.4 Å². The Hall–Kier alpha value is -2.87. The van der Waals surface area contributed by atoms with Crippen molar-refractivity contribution in [3.8, 4) is 0 Å². The van der Waals surface area contributed by atoms with E-state index in [4.69, 9.17) is 5.73 Å². The Balaban J connectivity index is 1.87. The zero-order valence-electron chi connectivity index (χ0n) is 14.2. The average molecular weight is 346 g/mol. The minimum Gasteiger partial charge on any atom is -0.468 e. The lowest BCUT2D eigenvalue weighted by atomic mass is 10.1. The average Bonchev–Trinajstić information content (AvgIpc) is 2.93. The summed E-state index contributed by atoms with van der Waals surface area (Å²) in [6.45, 7) is -0.494. The first-order valence-electron chi connectivity index (χ1n) is 7.82. The number of aromatic nitrogens is 1. The van der Waals surface area contributed by atoms with Gasteiger partial charge >= 0.3 is 5.97 Å². The number of nitrogens with two attached hydrogens (primary N) is 1. The number of benzene rings is 1. The zero-order chi connectivity index (χ0) is 18.4. The second kappa shape index (κ2) is 8.29. The Morgan fingerprint density at radius 1 is 1.20 bits per heavy atom. The van der Waals surface area contributed by atoms with Crippen molar-refractivity contribution in [3.05, 3.63) is 36.0 Å². The molecule has 0 bridgehead atoms. The van der Waals surface area contributed by atoms with Gasteiger partial charge in [0.05, 0.1) is 19.7 Å². The largest absolute Gasteiger partial charge is 0.468 e. The Morgan fingerprint density at radius 3 is 2.64 bits per heavy atom. The smallest absolute Gasteiger partial charge is 0.325 e. The summed E-state index contributed by atoms with van der Waals surface area (Å²) >= 11 is 0. The van der Waals surface area contributed by atoms with E-state index in [1.807, 2.05) is 42.1 Å². The number of rotatable bonds is 7. The Labute approximate surface area is 145 Å². The summed E-state index contributed by atoms with van der Waals surface area (Å²) in [5.41, 5.74) is 7.98. The van der Waals surface area contributed by atoms with E-state index in [-0.39, 0.29) is 13.1 Å². The summed E-state index contributed by atoms with van der Waals surface area (Å²) in [4.78, 5) is 34.6. The van der Waals surface area contributed by atoms with E-state index >= 15 is 0 Å². The first-order valence-corrected chi connectivity index (χ1v) is 7.82. The molecule has 0 saturated carbocycles. The third kappa shape index (κ3) is 4.80. The van der Waals surface area contributed by atoms with Gasteiger partial charge in [0.25, 0.3) is 0 Å². The van der Waals surface area contributed by atoms with Gasteiger partial charge in [0, 0.05) is 24.1 Å². The van der Waals surface area contributed by atoms with Gasteiger partial charge in [-0.3, -0.25) is 14.4 Å². The van der Waals surface area contributed by atoms with Crippen molar-refractivity contribution in [1.29, 1.82) is 0 Å². The molecule has 2 rings (SSSR count). The lowest BCUT2D eigenvalue weighted by Gasteiger charge is -2.12. The van der Waals surface area contributed by atoms with Crippen LogP contribution < -0.4 is 16.4 Å². The van der Waals surface area contributed by atoms with E-state index in [1.54, 1.807) is 0 Å². The molecule has 0 unspecified atom stereocenters. The zero-order valence-corrected chi connectivity index (χ0v) is 14.2. The molecule has 0 aliphatic carbocycles. The summed E-state index contributed by atoms with van der Waals surface area (Å²) in [7, 11) is 3.16. The predicted octanol–water partition coefficient (Wildman–Crippen LogP) is -0.546. The summed E-state index contributed by atoms with van der Waals surface area (Å²) < 4.78 is 6.39. The number of esters is 1. The minimum absolute atomic E-state index is 0.243. The standard InChI is InChI=1S/C17H22N4O4/c1-21-10-11(12-5-3-4-6-14(12)21)7-13(18)17(24)20-8-15(22)19-9-16(23)25-2/h3-6,10,13H,7-9,18H2,1-2H3,(H,19,22)(H,20,24)/t13-/m0/s1. The van der Waals surface area contributed by atoms with Crippen molar-refractivity contribution in [3.63, 3.8) is 0 Å². The molecule has 1 aromatic heterocycles. The molecular weight excluding hydrogens is 324 g/mol. The van der Waals surface area contributed by atoms with Crippen molar-refractivity contribution in [2.24, 2.45) is 12.8 Å². The molecule has 4 N–H and O–H groups in total. The first kappa shape index (κ1) is 18.5. The Bertz CT molecular complexity index is 784. The highest BCUT2D eigenvalue weighted by atomic mass is 16.5. The fraction of sp³-hybridized carbons (Fsp3) is 0.353. The van der Waals surface area contributed by atoms with E-state index in [2.05, 4.69) is 15.4 Å². The molecule has 0 saturated heterocycles. The van der Waals surface area contributed by atoms with Crippen LogP contribution in [0.25, 0.3) is 10.9 Å². The van der Waals surface area contributed by atoms with Gasteiger partial charge in [0.15, 0.2) is 0 Å². The first-order chi connectivity index (χ1) is 11.9. The number of nitrogens with one attached hydrogen (secondary N) is 2. The van der Waals surface area contributed by atoms with Crippen molar-refractivity contribution >= 4 is 28.7 Å². The fourth-order valence-corrected chi connectivity index (χ4v) is 2.52. The highest BCUT2D eigenvalue weighted by Gasteiger charge is 2.17. The highest BCUT2D eigenvalue weighted by Crippen LogP contribution is 2.21. The molecule has 25 heavy (non-hydrogen) atoms. The summed E-state index contributed by atoms with van der Waals surface area (Å²) in [6, 6.07) is 7.08. The second-order valence-electron chi connectivity index (χ2n) is 5.66. The number of fused-ring (bicyclic) bond motifs is 1. The van der Waals surface area contributed by atoms with E-state index in [0.717, 1.165) is 16.5 Å². The third-order valence-electron chi connectivity index (χ3n) is 3.84.